The fourth-order valence-corrected chi connectivity index (χ4v) is 2.89. The van der Waals surface area contributed by atoms with Gasteiger partial charge in [-0.1, -0.05) is 23.7 Å². The molecule has 3 rings (SSSR count). The third-order valence-corrected chi connectivity index (χ3v) is 4.41. The highest BCUT2D eigenvalue weighted by molar-refractivity contribution is 7.71. The second-order valence-electron chi connectivity index (χ2n) is 5.34. The van der Waals surface area contributed by atoms with Crippen LogP contribution in [-0.4, -0.2) is 42.4 Å². The molecule has 140 valence electrons. The molecule has 27 heavy (non-hydrogen) atoms. The second kappa shape index (κ2) is 8.24. The molecule has 9 heteroatoms. The molecule has 0 bridgehead atoms. The minimum absolute atomic E-state index is 0.334. The van der Waals surface area contributed by atoms with Gasteiger partial charge in [0.1, 0.15) is 5.75 Å². The molecule has 0 aliphatic heterocycles. The number of halogens is 1. The van der Waals surface area contributed by atoms with Crippen LogP contribution in [0.15, 0.2) is 41.5 Å². The Bertz CT molecular complexity index is 1050. The first kappa shape index (κ1) is 18.9. The first-order valence-electron chi connectivity index (χ1n) is 7.85. The lowest BCUT2D eigenvalue weighted by molar-refractivity contribution is 0.349. The third kappa shape index (κ3) is 3.81. The SMILES string of the molecule is COc1cc(OC)c(OC)cc1C=Nn1c(-c2ccccc2Cl)n[nH]c1=S. The van der Waals surface area contributed by atoms with Gasteiger partial charge in [-0.2, -0.15) is 14.9 Å². The van der Waals surface area contributed by atoms with Crippen molar-refractivity contribution >= 4 is 30.0 Å². The number of benzene rings is 2. The van der Waals surface area contributed by atoms with E-state index in [1.54, 1.807) is 45.7 Å². The molecule has 0 amide bonds. The van der Waals surface area contributed by atoms with E-state index < -0.39 is 0 Å². The van der Waals surface area contributed by atoms with Gasteiger partial charge < -0.3 is 14.2 Å². The van der Waals surface area contributed by atoms with E-state index in [-0.39, 0.29) is 0 Å². The van der Waals surface area contributed by atoms with Crippen LogP contribution in [0, 0.1) is 4.77 Å². The molecule has 0 saturated heterocycles. The molecule has 3 aromatic rings. The van der Waals surface area contributed by atoms with Crippen molar-refractivity contribution in [1.29, 1.82) is 0 Å². The monoisotopic (exact) mass is 404 g/mol. The highest BCUT2D eigenvalue weighted by atomic mass is 35.5. The Morgan fingerprint density at radius 2 is 1.74 bits per heavy atom. The van der Waals surface area contributed by atoms with Crippen LogP contribution in [0.2, 0.25) is 5.02 Å². The number of ether oxygens (including phenoxy) is 3. The number of rotatable bonds is 6. The molecule has 0 unspecified atom stereocenters. The molecule has 1 heterocycles. The molecule has 0 aliphatic carbocycles. The summed E-state index contributed by atoms with van der Waals surface area (Å²) in [5.41, 5.74) is 1.39. The largest absolute Gasteiger partial charge is 0.496 e. The zero-order valence-electron chi connectivity index (χ0n) is 14.9. The van der Waals surface area contributed by atoms with Crippen molar-refractivity contribution in [2.45, 2.75) is 0 Å². The summed E-state index contributed by atoms with van der Waals surface area (Å²) in [6.45, 7) is 0. The average Bonchev–Trinajstić information content (AvgIpc) is 3.06. The van der Waals surface area contributed by atoms with Crippen LogP contribution in [0.3, 0.4) is 0 Å². The Morgan fingerprint density at radius 1 is 1.07 bits per heavy atom. The zero-order valence-corrected chi connectivity index (χ0v) is 16.5. The predicted molar refractivity (Wildman–Crippen MR) is 107 cm³/mol. The lowest BCUT2D eigenvalue weighted by atomic mass is 10.2. The van der Waals surface area contributed by atoms with Crippen LogP contribution in [0.25, 0.3) is 11.4 Å². The fourth-order valence-electron chi connectivity index (χ4n) is 2.49. The molecule has 0 spiro atoms. The van der Waals surface area contributed by atoms with Gasteiger partial charge in [-0.15, -0.1) is 0 Å². The van der Waals surface area contributed by atoms with Crippen molar-refractivity contribution in [1.82, 2.24) is 14.9 Å². The van der Waals surface area contributed by atoms with E-state index >= 15 is 0 Å². The van der Waals surface area contributed by atoms with Crippen LogP contribution < -0.4 is 14.2 Å². The van der Waals surface area contributed by atoms with Gasteiger partial charge in [0.2, 0.25) is 4.77 Å². The van der Waals surface area contributed by atoms with E-state index in [2.05, 4.69) is 15.3 Å². The van der Waals surface area contributed by atoms with Crippen molar-refractivity contribution in [3.05, 3.63) is 51.8 Å². The van der Waals surface area contributed by atoms with Gasteiger partial charge >= 0.3 is 0 Å². The molecule has 0 saturated carbocycles. The van der Waals surface area contributed by atoms with Crippen LogP contribution in [0.5, 0.6) is 17.2 Å². The smallest absolute Gasteiger partial charge is 0.216 e. The number of nitrogens with one attached hydrogen (secondary N) is 1. The van der Waals surface area contributed by atoms with Gasteiger partial charge in [0.05, 0.1) is 32.6 Å². The molecule has 0 fully saturated rings. The minimum atomic E-state index is 0.334. The number of aromatic nitrogens is 3. The Kier molecular flexibility index (Phi) is 5.78. The summed E-state index contributed by atoms with van der Waals surface area (Å²) >= 11 is 11.6. The predicted octanol–water partition coefficient (Wildman–Crippen LogP) is 4.17. The normalized spacial score (nSPS) is 11.0. The van der Waals surface area contributed by atoms with Crippen LogP contribution in [-0.2, 0) is 0 Å². The van der Waals surface area contributed by atoms with E-state index in [0.717, 1.165) is 0 Å². The van der Waals surface area contributed by atoms with Crippen LogP contribution >= 0.6 is 23.8 Å². The van der Waals surface area contributed by atoms with E-state index in [1.807, 2.05) is 18.2 Å². The Balaban J connectivity index is 2.07. The van der Waals surface area contributed by atoms with Gasteiger partial charge in [0.25, 0.3) is 0 Å². The van der Waals surface area contributed by atoms with Crippen molar-refractivity contribution < 1.29 is 14.2 Å². The number of nitrogens with zero attached hydrogens (tertiary/aromatic N) is 3. The molecule has 2 aromatic carbocycles. The van der Waals surface area contributed by atoms with Gasteiger partial charge in [-0.25, -0.2) is 5.10 Å². The maximum atomic E-state index is 6.27. The molecular formula is C18H17ClN4O3S. The van der Waals surface area contributed by atoms with E-state index in [9.17, 15) is 0 Å². The van der Waals surface area contributed by atoms with Gasteiger partial charge in [-0.05, 0) is 30.4 Å². The number of hydrogen-bond donors (Lipinski definition) is 1. The third-order valence-electron chi connectivity index (χ3n) is 3.81. The van der Waals surface area contributed by atoms with Crippen molar-refractivity contribution in [2.24, 2.45) is 5.10 Å². The second-order valence-corrected chi connectivity index (χ2v) is 6.13. The van der Waals surface area contributed by atoms with Crippen molar-refractivity contribution in [3.63, 3.8) is 0 Å². The summed E-state index contributed by atoms with van der Waals surface area (Å²) in [5, 5.41) is 12.0. The van der Waals surface area contributed by atoms with E-state index in [0.29, 0.717) is 44.0 Å². The highest BCUT2D eigenvalue weighted by Crippen LogP contribution is 2.34. The van der Waals surface area contributed by atoms with Crippen molar-refractivity contribution in [3.8, 4) is 28.6 Å². The fraction of sp³-hybridized carbons (Fsp3) is 0.167. The zero-order chi connectivity index (χ0) is 19.4. The topological polar surface area (TPSA) is 73.7 Å². The molecule has 1 aromatic heterocycles. The quantitative estimate of drug-likeness (QED) is 0.493. The van der Waals surface area contributed by atoms with E-state index in [1.165, 1.54) is 4.68 Å². The van der Waals surface area contributed by atoms with E-state index in [4.69, 9.17) is 38.0 Å². The lowest BCUT2D eigenvalue weighted by Crippen LogP contribution is -1.99. The molecule has 7 nitrogen and oxygen atoms in total. The summed E-state index contributed by atoms with van der Waals surface area (Å²) in [6.07, 6.45) is 1.60. The summed E-state index contributed by atoms with van der Waals surface area (Å²) < 4.78 is 17.9. The summed E-state index contributed by atoms with van der Waals surface area (Å²) in [5.74, 6) is 2.19. The first-order chi connectivity index (χ1) is 13.1. The Morgan fingerprint density at radius 3 is 2.41 bits per heavy atom. The number of aromatic amines is 1. The standard InChI is InChI=1S/C18H17ClN4O3S/c1-24-14-9-16(26-3)15(25-2)8-11(14)10-20-23-17(21-22-18(23)27)12-6-4-5-7-13(12)19/h4-10H,1-3H3,(H,22,27). The van der Waals surface area contributed by atoms with Crippen molar-refractivity contribution in [2.75, 3.05) is 21.3 Å². The van der Waals surface area contributed by atoms with Crippen LogP contribution in [0.4, 0.5) is 0 Å². The minimum Gasteiger partial charge on any atom is -0.496 e. The maximum Gasteiger partial charge on any atom is 0.216 e. The molecule has 0 radical (unpaired) electrons. The van der Waals surface area contributed by atoms with Gasteiger partial charge in [0, 0.05) is 17.2 Å². The first-order valence-corrected chi connectivity index (χ1v) is 8.64. The van der Waals surface area contributed by atoms with Crippen LogP contribution in [0.1, 0.15) is 5.56 Å². The number of H-pyrrole nitrogens is 1. The number of methoxy groups -OCH3 is 3. The average molecular weight is 405 g/mol. The molecule has 0 aliphatic rings. The molecular weight excluding hydrogens is 388 g/mol. The summed E-state index contributed by atoms with van der Waals surface area (Å²) in [7, 11) is 4.69. The Hall–Kier alpha value is -2.84. The van der Waals surface area contributed by atoms with Gasteiger partial charge in [-0.3, -0.25) is 0 Å². The lowest BCUT2D eigenvalue weighted by Gasteiger charge is -2.11. The molecule has 1 N–H and O–H groups in total. The number of hydrogen-bond acceptors (Lipinski definition) is 6. The summed E-state index contributed by atoms with van der Waals surface area (Å²) in [6, 6.07) is 10.8. The summed E-state index contributed by atoms with van der Waals surface area (Å²) in [4.78, 5) is 0. The molecule has 0 atom stereocenters. The maximum absolute atomic E-state index is 6.27. The Labute approximate surface area is 166 Å². The van der Waals surface area contributed by atoms with Gasteiger partial charge in [0.15, 0.2) is 17.3 Å². The highest BCUT2D eigenvalue weighted by Gasteiger charge is 2.13.